The quantitative estimate of drug-likeness (QED) is 0.529. The third-order valence-corrected chi connectivity index (χ3v) is 4.85. The summed E-state index contributed by atoms with van der Waals surface area (Å²) in [5.74, 6) is 0.702. The van der Waals surface area contributed by atoms with Gasteiger partial charge >= 0.3 is 0 Å². The molecule has 0 aliphatic heterocycles. The van der Waals surface area contributed by atoms with Crippen LogP contribution in [0.4, 0.5) is 17.5 Å². The van der Waals surface area contributed by atoms with Crippen LogP contribution in [0.2, 0.25) is 0 Å². The molecule has 0 aliphatic rings. The predicted octanol–water partition coefficient (Wildman–Crippen LogP) is 4.42. The summed E-state index contributed by atoms with van der Waals surface area (Å²) in [7, 11) is 0. The summed E-state index contributed by atoms with van der Waals surface area (Å²) < 4.78 is 6.27. The van der Waals surface area contributed by atoms with Gasteiger partial charge in [-0.15, -0.1) is 0 Å². The minimum absolute atomic E-state index is 0.143. The number of anilines is 3. The molecule has 3 rings (SSSR count). The van der Waals surface area contributed by atoms with Crippen molar-refractivity contribution < 1.29 is 9.84 Å². The molecule has 29 heavy (non-hydrogen) atoms. The van der Waals surface area contributed by atoms with Gasteiger partial charge in [-0.2, -0.15) is 20.5 Å². The van der Waals surface area contributed by atoms with Gasteiger partial charge < -0.3 is 20.9 Å². The van der Waals surface area contributed by atoms with E-state index in [1.54, 1.807) is 38.1 Å². The average Bonchev–Trinajstić information content (AvgIpc) is 2.71. The van der Waals surface area contributed by atoms with Crippen LogP contribution in [-0.4, -0.2) is 15.1 Å². The lowest BCUT2D eigenvalue weighted by molar-refractivity contribution is 0.433. The Morgan fingerprint density at radius 1 is 1.14 bits per heavy atom. The Kier molecular flexibility index (Phi) is 5.53. The SMILES string of the molecule is Cc1cc(C#N)c(O)c(C)c1Oc1nc(Nc2ccc(C#N)cc2)nc(N)c1Br. The molecule has 0 amide bonds. The number of rotatable bonds is 4. The van der Waals surface area contributed by atoms with Crippen molar-refractivity contribution in [1.82, 2.24) is 9.97 Å². The Hall–Kier alpha value is -3.82. The van der Waals surface area contributed by atoms with Gasteiger partial charge in [0.15, 0.2) is 0 Å². The molecule has 2 aromatic carbocycles. The first-order chi connectivity index (χ1) is 13.8. The molecule has 0 fully saturated rings. The third-order valence-electron chi connectivity index (χ3n) is 4.11. The van der Waals surface area contributed by atoms with Crippen molar-refractivity contribution >= 4 is 33.4 Å². The number of nitriles is 2. The van der Waals surface area contributed by atoms with Gasteiger partial charge in [0, 0.05) is 11.3 Å². The maximum Gasteiger partial charge on any atom is 0.240 e. The van der Waals surface area contributed by atoms with Crippen LogP contribution in [0.5, 0.6) is 17.4 Å². The van der Waals surface area contributed by atoms with Crippen LogP contribution in [0.3, 0.4) is 0 Å². The molecule has 0 spiro atoms. The summed E-state index contributed by atoms with van der Waals surface area (Å²) in [5, 5.41) is 31.2. The minimum Gasteiger partial charge on any atom is -0.506 e. The first-order valence-electron chi connectivity index (χ1n) is 8.35. The maximum atomic E-state index is 10.2. The topological polar surface area (TPSA) is 141 Å². The number of nitrogen functional groups attached to an aromatic ring is 1. The second kappa shape index (κ2) is 8.05. The number of phenols is 1. The first kappa shape index (κ1) is 19.9. The molecule has 0 unspecified atom stereocenters. The molecular formula is C20H15BrN6O2. The molecule has 0 aliphatic carbocycles. The molecule has 9 heteroatoms. The number of hydrogen-bond acceptors (Lipinski definition) is 8. The Balaban J connectivity index is 1.97. The van der Waals surface area contributed by atoms with E-state index in [2.05, 4.69) is 31.2 Å². The monoisotopic (exact) mass is 450 g/mol. The van der Waals surface area contributed by atoms with E-state index in [1.807, 2.05) is 12.1 Å². The Bertz CT molecular complexity index is 1180. The zero-order valence-corrected chi connectivity index (χ0v) is 17.1. The number of benzene rings is 2. The van der Waals surface area contributed by atoms with Crippen molar-refractivity contribution in [3.8, 4) is 29.5 Å². The normalized spacial score (nSPS) is 10.1. The van der Waals surface area contributed by atoms with Crippen molar-refractivity contribution in [2.75, 3.05) is 11.1 Å². The van der Waals surface area contributed by atoms with Gasteiger partial charge in [-0.1, -0.05) is 0 Å². The molecule has 4 N–H and O–H groups in total. The van der Waals surface area contributed by atoms with Gasteiger partial charge in [-0.25, -0.2) is 0 Å². The number of hydrogen-bond donors (Lipinski definition) is 3. The fourth-order valence-corrected chi connectivity index (χ4v) is 2.88. The highest BCUT2D eigenvalue weighted by molar-refractivity contribution is 9.10. The minimum atomic E-state index is -0.151. The van der Waals surface area contributed by atoms with Gasteiger partial charge in [0.05, 0.1) is 17.2 Å². The largest absolute Gasteiger partial charge is 0.506 e. The number of nitrogens with zero attached hydrogens (tertiary/aromatic N) is 4. The number of ether oxygens (including phenoxy) is 1. The van der Waals surface area contributed by atoms with Crippen LogP contribution in [0.1, 0.15) is 22.3 Å². The van der Waals surface area contributed by atoms with Crippen LogP contribution in [0.25, 0.3) is 0 Å². The summed E-state index contributed by atoms with van der Waals surface area (Å²) in [6, 6.07) is 12.3. The molecular weight excluding hydrogens is 436 g/mol. The zero-order valence-electron chi connectivity index (χ0n) is 15.5. The standard InChI is InChI=1S/C20H15BrN6O2/c1-10-7-13(9-23)16(28)11(2)17(10)29-19-15(21)18(24)26-20(27-19)25-14-5-3-12(8-22)4-6-14/h3-7,28H,1-2H3,(H3,24,25,26,27). The second-order valence-electron chi connectivity index (χ2n) is 6.12. The summed E-state index contributed by atoms with van der Waals surface area (Å²) in [5.41, 5.74) is 8.40. The molecule has 0 saturated carbocycles. The summed E-state index contributed by atoms with van der Waals surface area (Å²) in [4.78, 5) is 8.51. The van der Waals surface area contributed by atoms with Crippen LogP contribution < -0.4 is 15.8 Å². The highest BCUT2D eigenvalue weighted by Gasteiger charge is 2.18. The van der Waals surface area contributed by atoms with Crippen molar-refractivity contribution in [1.29, 1.82) is 10.5 Å². The lowest BCUT2D eigenvalue weighted by atomic mass is 10.0. The van der Waals surface area contributed by atoms with Crippen LogP contribution >= 0.6 is 15.9 Å². The van der Waals surface area contributed by atoms with E-state index in [1.165, 1.54) is 6.07 Å². The lowest BCUT2D eigenvalue weighted by Crippen LogP contribution is -2.04. The van der Waals surface area contributed by atoms with E-state index in [9.17, 15) is 5.11 Å². The Morgan fingerprint density at radius 3 is 2.45 bits per heavy atom. The van der Waals surface area contributed by atoms with E-state index < -0.39 is 0 Å². The Morgan fingerprint density at radius 2 is 1.83 bits per heavy atom. The zero-order chi connectivity index (χ0) is 21.1. The second-order valence-corrected chi connectivity index (χ2v) is 6.92. The van der Waals surface area contributed by atoms with E-state index in [0.29, 0.717) is 32.6 Å². The molecule has 8 nitrogen and oxygen atoms in total. The smallest absolute Gasteiger partial charge is 0.240 e. The third kappa shape index (κ3) is 4.05. The Labute approximate surface area is 175 Å². The fraction of sp³-hybridized carbons (Fsp3) is 0.100. The maximum absolute atomic E-state index is 10.2. The van der Waals surface area contributed by atoms with Crippen LogP contribution in [-0.2, 0) is 0 Å². The van der Waals surface area contributed by atoms with E-state index >= 15 is 0 Å². The first-order valence-corrected chi connectivity index (χ1v) is 9.14. The van der Waals surface area contributed by atoms with Crippen LogP contribution in [0, 0.1) is 36.5 Å². The van der Waals surface area contributed by atoms with Gasteiger partial charge in [-0.3, -0.25) is 0 Å². The van der Waals surface area contributed by atoms with Gasteiger partial charge in [0.1, 0.15) is 27.9 Å². The fourth-order valence-electron chi connectivity index (χ4n) is 2.62. The van der Waals surface area contributed by atoms with Gasteiger partial charge in [0.25, 0.3) is 0 Å². The summed E-state index contributed by atoms with van der Waals surface area (Å²) in [6.45, 7) is 3.41. The highest BCUT2D eigenvalue weighted by atomic mass is 79.9. The number of halogens is 1. The molecule has 0 atom stereocenters. The number of nitrogens with one attached hydrogen (secondary N) is 1. The molecule has 0 saturated heterocycles. The highest BCUT2D eigenvalue weighted by Crippen LogP contribution is 2.39. The molecule has 1 aromatic heterocycles. The van der Waals surface area contributed by atoms with Crippen molar-refractivity contribution in [3.05, 3.63) is 57.1 Å². The molecule has 144 valence electrons. The number of nitrogens with two attached hydrogens (primary N) is 1. The van der Waals surface area contributed by atoms with E-state index in [4.69, 9.17) is 21.0 Å². The number of aryl methyl sites for hydroxylation is 1. The predicted molar refractivity (Wildman–Crippen MR) is 111 cm³/mol. The molecule has 0 bridgehead atoms. The lowest BCUT2D eigenvalue weighted by Gasteiger charge is -2.15. The number of aromatic nitrogens is 2. The average molecular weight is 451 g/mol. The van der Waals surface area contributed by atoms with E-state index in [0.717, 1.165) is 0 Å². The van der Waals surface area contributed by atoms with Gasteiger partial charge in [0.2, 0.25) is 11.8 Å². The van der Waals surface area contributed by atoms with Crippen molar-refractivity contribution in [2.24, 2.45) is 0 Å². The molecule has 0 radical (unpaired) electrons. The van der Waals surface area contributed by atoms with Gasteiger partial charge in [-0.05, 0) is 65.7 Å². The van der Waals surface area contributed by atoms with Crippen LogP contribution in [0.15, 0.2) is 34.8 Å². The molecule has 1 heterocycles. The van der Waals surface area contributed by atoms with Crippen molar-refractivity contribution in [3.63, 3.8) is 0 Å². The van der Waals surface area contributed by atoms with E-state index in [-0.39, 0.29) is 29.0 Å². The summed E-state index contributed by atoms with van der Waals surface area (Å²) in [6.07, 6.45) is 0. The summed E-state index contributed by atoms with van der Waals surface area (Å²) >= 11 is 3.32. The number of aromatic hydroxyl groups is 1. The molecule has 3 aromatic rings. The van der Waals surface area contributed by atoms with Crippen molar-refractivity contribution in [2.45, 2.75) is 13.8 Å². The number of phenolic OH excluding ortho intramolecular Hbond substituents is 1.